The Balaban J connectivity index is 1.68. The third-order valence-electron chi connectivity index (χ3n) is 4.06. The Hall–Kier alpha value is -1.91. The van der Waals surface area contributed by atoms with Gasteiger partial charge in [-0.15, -0.1) is 0 Å². The Morgan fingerprint density at radius 2 is 1.85 bits per heavy atom. The topological polar surface area (TPSA) is 66.4 Å². The smallest absolute Gasteiger partial charge is 0.307 e. The fourth-order valence-corrected chi connectivity index (χ4v) is 2.59. The zero-order chi connectivity index (χ0) is 14.3. The van der Waals surface area contributed by atoms with E-state index in [0.29, 0.717) is 12.3 Å². The third kappa shape index (κ3) is 2.66. The van der Waals surface area contributed by atoms with E-state index in [9.17, 15) is 14.0 Å². The van der Waals surface area contributed by atoms with Gasteiger partial charge in [-0.25, -0.2) is 4.39 Å². The van der Waals surface area contributed by atoms with Crippen molar-refractivity contribution in [3.8, 4) is 0 Å². The third-order valence-corrected chi connectivity index (χ3v) is 4.06. The number of carboxylic acids is 1. The van der Waals surface area contributed by atoms with Crippen LogP contribution in [-0.4, -0.2) is 17.0 Å². The Morgan fingerprint density at radius 3 is 2.35 bits per heavy atom. The summed E-state index contributed by atoms with van der Waals surface area (Å²) in [6.07, 6.45) is 2.49. The van der Waals surface area contributed by atoms with Crippen molar-refractivity contribution >= 4 is 11.9 Å². The molecule has 0 spiro atoms. The molecule has 3 rings (SSSR count). The summed E-state index contributed by atoms with van der Waals surface area (Å²) in [5, 5.41) is 11.8. The van der Waals surface area contributed by atoms with Crippen LogP contribution in [0.4, 0.5) is 4.39 Å². The Labute approximate surface area is 116 Å². The van der Waals surface area contributed by atoms with Gasteiger partial charge in [0.2, 0.25) is 5.91 Å². The van der Waals surface area contributed by atoms with Crippen LogP contribution in [0.1, 0.15) is 30.9 Å². The van der Waals surface area contributed by atoms with Crippen molar-refractivity contribution in [2.24, 2.45) is 17.8 Å². The van der Waals surface area contributed by atoms with E-state index in [1.54, 1.807) is 12.1 Å². The second kappa shape index (κ2) is 4.89. The number of carbonyl (C=O) groups is 2. The maximum atomic E-state index is 13.0. The summed E-state index contributed by atoms with van der Waals surface area (Å²) in [7, 11) is 0. The van der Waals surface area contributed by atoms with Gasteiger partial charge >= 0.3 is 5.97 Å². The molecule has 0 heterocycles. The first-order chi connectivity index (χ1) is 9.56. The van der Waals surface area contributed by atoms with E-state index in [0.717, 1.165) is 18.4 Å². The highest BCUT2D eigenvalue weighted by Gasteiger charge is 2.49. The maximum Gasteiger partial charge on any atom is 0.307 e. The van der Waals surface area contributed by atoms with Crippen LogP contribution in [0.3, 0.4) is 0 Å². The molecule has 2 N–H and O–H groups in total. The number of nitrogens with one attached hydrogen (secondary N) is 1. The van der Waals surface area contributed by atoms with Crippen LogP contribution >= 0.6 is 0 Å². The molecule has 0 bridgehead atoms. The Kier molecular flexibility index (Phi) is 3.20. The predicted octanol–water partition coefficient (Wildman–Crippen LogP) is 2.11. The predicted molar refractivity (Wildman–Crippen MR) is 69.2 cm³/mol. The number of benzene rings is 1. The number of rotatable bonds is 5. The lowest BCUT2D eigenvalue weighted by Crippen LogP contribution is -2.32. The second-order valence-corrected chi connectivity index (χ2v) is 5.66. The number of hydrogen-bond acceptors (Lipinski definition) is 2. The number of aliphatic carboxylic acids is 1. The van der Waals surface area contributed by atoms with Crippen LogP contribution in [0, 0.1) is 23.6 Å². The highest BCUT2D eigenvalue weighted by molar-refractivity contribution is 5.89. The lowest BCUT2D eigenvalue weighted by atomic mass is 10.0. The number of halogens is 1. The molecule has 1 amide bonds. The number of carbonyl (C=O) groups excluding carboxylic acids is 1. The summed E-state index contributed by atoms with van der Waals surface area (Å²) in [5.74, 6) is -1.97. The average molecular weight is 277 g/mol. The Bertz CT molecular complexity index is 539. The molecule has 0 aliphatic heterocycles. The average Bonchev–Trinajstić information content (AvgIpc) is 3.28. The molecule has 20 heavy (non-hydrogen) atoms. The number of carboxylic acid groups (broad SMARTS) is 1. The molecule has 0 radical (unpaired) electrons. The molecule has 0 aromatic heterocycles. The number of amides is 1. The van der Waals surface area contributed by atoms with Crippen molar-refractivity contribution in [1.82, 2.24) is 5.32 Å². The molecule has 2 aliphatic rings. The van der Waals surface area contributed by atoms with Gasteiger partial charge in [0.15, 0.2) is 0 Å². The van der Waals surface area contributed by atoms with Gasteiger partial charge in [-0.05, 0) is 42.9 Å². The van der Waals surface area contributed by atoms with E-state index in [2.05, 4.69) is 5.32 Å². The van der Waals surface area contributed by atoms with Crippen LogP contribution in [0.15, 0.2) is 24.3 Å². The molecule has 106 valence electrons. The fourth-order valence-electron chi connectivity index (χ4n) is 2.59. The van der Waals surface area contributed by atoms with Crippen molar-refractivity contribution in [2.75, 3.05) is 0 Å². The van der Waals surface area contributed by atoms with Crippen molar-refractivity contribution in [1.29, 1.82) is 0 Å². The minimum atomic E-state index is -0.907. The molecule has 0 saturated heterocycles. The molecule has 1 aromatic rings. The van der Waals surface area contributed by atoms with Crippen molar-refractivity contribution in [2.45, 2.75) is 25.3 Å². The van der Waals surface area contributed by atoms with Gasteiger partial charge < -0.3 is 10.4 Å². The monoisotopic (exact) mass is 277 g/mol. The van der Waals surface area contributed by atoms with Crippen LogP contribution in [0.25, 0.3) is 0 Å². The molecule has 2 fully saturated rings. The molecular formula is C15H16FNO3. The highest BCUT2D eigenvalue weighted by Crippen LogP contribution is 2.43. The fraction of sp³-hybridized carbons (Fsp3) is 0.467. The van der Waals surface area contributed by atoms with Gasteiger partial charge in [0.05, 0.1) is 17.9 Å². The van der Waals surface area contributed by atoms with E-state index in [1.165, 1.54) is 12.1 Å². The normalized spacial score (nSPS) is 25.9. The SMILES string of the molecule is O=C(O)[C@@H]1C[C@H]1C(=O)N[C@@H](c1ccc(F)cc1)C1CC1. The summed E-state index contributed by atoms with van der Waals surface area (Å²) in [6.45, 7) is 0. The van der Waals surface area contributed by atoms with Crippen molar-refractivity contribution in [3.05, 3.63) is 35.6 Å². The highest BCUT2D eigenvalue weighted by atomic mass is 19.1. The lowest BCUT2D eigenvalue weighted by molar-refractivity contribution is -0.140. The molecule has 2 aliphatic carbocycles. The van der Waals surface area contributed by atoms with Crippen molar-refractivity contribution < 1.29 is 19.1 Å². The molecule has 5 heteroatoms. The summed E-state index contributed by atoms with van der Waals surface area (Å²) < 4.78 is 13.0. The summed E-state index contributed by atoms with van der Waals surface area (Å²) in [5.41, 5.74) is 0.884. The van der Waals surface area contributed by atoms with Crippen LogP contribution < -0.4 is 5.32 Å². The first-order valence-corrected chi connectivity index (χ1v) is 6.85. The largest absolute Gasteiger partial charge is 0.481 e. The maximum absolute atomic E-state index is 13.0. The standard InChI is InChI=1S/C15H16FNO3/c16-10-5-3-9(4-6-10)13(8-1-2-8)17-14(18)11-7-12(11)15(19)20/h3-6,8,11-13H,1-2,7H2,(H,17,18)(H,19,20)/t11-,12-,13-/m1/s1. The Morgan fingerprint density at radius 1 is 1.20 bits per heavy atom. The molecule has 2 saturated carbocycles. The zero-order valence-corrected chi connectivity index (χ0v) is 10.9. The first kappa shape index (κ1) is 13.1. The van der Waals surface area contributed by atoms with Gasteiger partial charge in [-0.3, -0.25) is 9.59 Å². The van der Waals surface area contributed by atoms with Gasteiger partial charge in [0.1, 0.15) is 5.82 Å². The van der Waals surface area contributed by atoms with Gasteiger partial charge in [-0.1, -0.05) is 12.1 Å². The number of hydrogen-bond donors (Lipinski definition) is 2. The van der Waals surface area contributed by atoms with E-state index in [-0.39, 0.29) is 17.8 Å². The molecular weight excluding hydrogens is 261 g/mol. The van der Waals surface area contributed by atoms with Crippen LogP contribution in [0.5, 0.6) is 0 Å². The first-order valence-electron chi connectivity index (χ1n) is 6.85. The van der Waals surface area contributed by atoms with Gasteiger partial charge in [0.25, 0.3) is 0 Å². The molecule has 3 atom stereocenters. The van der Waals surface area contributed by atoms with Gasteiger partial charge in [0, 0.05) is 0 Å². The second-order valence-electron chi connectivity index (χ2n) is 5.66. The van der Waals surface area contributed by atoms with E-state index >= 15 is 0 Å². The van der Waals surface area contributed by atoms with E-state index < -0.39 is 17.8 Å². The summed E-state index contributed by atoms with van der Waals surface area (Å²) >= 11 is 0. The summed E-state index contributed by atoms with van der Waals surface area (Å²) in [4.78, 5) is 22.8. The zero-order valence-electron chi connectivity index (χ0n) is 10.9. The van der Waals surface area contributed by atoms with E-state index in [1.807, 2.05) is 0 Å². The quantitative estimate of drug-likeness (QED) is 0.866. The van der Waals surface area contributed by atoms with Crippen LogP contribution in [-0.2, 0) is 9.59 Å². The molecule has 4 nitrogen and oxygen atoms in total. The molecule has 0 unspecified atom stereocenters. The lowest BCUT2D eigenvalue weighted by Gasteiger charge is -2.19. The minimum absolute atomic E-state index is 0.127. The van der Waals surface area contributed by atoms with E-state index in [4.69, 9.17) is 5.11 Å². The summed E-state index contributed by atoms with van der Waals surface area (Å²) in [6, 6.07) is 6.00. The van der Waals surface area contributed by atoms with Gasteiger partial charge in [-0.2, -0.15) is 0 Å². The molecule has 1 aromatic carbocycles. The van der Waals surface area contributed by atoms with Crippen LogP contribution in [0.2, 0.25) is 0 Å². The minimum Gasteiger partial charge on any atom is -0.481 e. The van der Waals surface area contributed by atoms with Crippen molar-refractivity contribution in [3.63, 3.8) is 0 Å².